The van der Waals surface area contributed by atoms with E-state index in [0.29, 0.717) is 16.3 Å². The van der Waals surface area contributed by atoms with E-state index < -0.39 is 5.91 Å². The molecule has 2 aromatic rings. The lowest BCUT2D eigenvalue weighted by molar-refractivity contribution is 0.0995. The van der Waals surface area contributed by atoms with E-state index in [0.717, 1.165) is 0 Å². The van der Waals surface area contributed by atoms with Gasteiger partial charge in [-0.3, -0.25) is 14.9 Å². The highest BCUT2D eigenvalue weighted by molar-refractivity contribution is 7.13. The van der Waals surface area contributed by atoms with Crippen molar-refractivity contribution in [2.24, 2.45) is 5.73 Å². The molecule has 5 nitrogen and oxygen atoms in total. The van der Waals surface area contributed by atoms with Gasteiger partial charge >= 0.3 is 0 Å². The molecule has 86 valence electrons. The Hall–Kier alpha value is -2.21. The number of carbonyl (C=O) groups is 2. The van der Waals surface area contributed by atoms with Crippen molar-refractivity contribution in [1.29, 1.82) is 0 Å². The minimum Gasteiger partial charge on any atom is -0.366 e. The minimum absolute atomic E-state index is 0.268. The van der Waals surface area contributed by atoms with E-state index >= 15 is 0 Å². The van der Waals surface area contributed by atoms with Crippen molar-refractivity contribution >= 4 is 28.3 Å². The van der Waals surface area contributed by atoms with Gasteiger partial charge in [-0.15, -0.1) is 11.3 Å². The Labute approximate surface area is 101 Å². The summed E-state index contributed by atoms with van der Waals surface area (Å²) >= 11 is 1.34. The number of nitrogens with two attached hydrogens (primary N) is 1. The second kappa shape index (κ2) is 4.75. The molecule has 0 radical (unpaired) electrons. The van der Waals surface area contributed by atoms with Gasteiger partial charge in [0.15, 0.2) is 5.13 Å². The van der Waals surface area contributed by atoms with Crippen molar-refractivity contribution in [2.45, 2.75) is 0 Å². The molecule has 0 aliphatic carbocycles. The summed E-state index contributed by atoms with van der Waals surface area (Å²) in [4.78, 5) is 26.5. The zero-order valence-electron chi connectivity index (χ0n) is 8.71. The van der Waals surface area contributed by atoms with Gasteiger partial charge in [0.25, 0.3) is 5.91 Å². The standard InChI is InChI=1S/C11H9N3O2S/c12-9(15)7-1-3-8(4-2-7)10(16)14-11-13-5-6-17-11/h1-6H,(H2,12,15)(H,13,14,16). The fraction of sp³-hybridized carbons (Fsp3) is 0. The van der Waals surface area contributed by atoms with Crippen LogP contribution >= 0.6 is 11.3 Å². The number of aromatic nitrogens is 1. The number of nitrogens with zero attached hydrogens (tertiary/aromatic N) is 1. The fourth-order valence-electron chi connectivity index (χ4n) is 1.24. The van der Waals surface area contributed by atoms with Gasteiger partial charge < -0.3 is 5.73 Å². The summed E-state index contributed by atoms with van der Waals surface area (Å²) in [6.07, 6.45) is 1.61. The molecule has 2 amide bonds. The largest absolute Gasteiger partial charge is 0.366 e. The molecule has 1 aromatic carbocycles. The monoisotopic (exact) mass is 247 g/mol. The van der Waals surface area contributed by atoms with Crippen LogP contribution in [0, 0.1) is 0 Å². The van der Waals surface area contributed by atoms with Gasteiger partial charge in [-0.2, -0.15) is 0 Å². The number of benzene rings is 1. The number of anilines is 1. The lowest BCUT2D eigenvalue weighted by atomic mass is 10.1. The molecule has 0 aliphatic heterocycles. The van der Waals surface area contributed by atoms with Gasteiger partial charge in [-0.1, -0.05) is 0 Å². The zero-order chi connectivity index (χ0) is 12.3. The summed E-state index contributed by atoms with van der Waals surface area (Å²) in [5.41, 5.74) is 5.92. The van der Waals surface area contributed by atoms with E-state index in [-0.39, 0.29) is 5.91 Å². The molecule has 0 aliphatic rings. The molecule has 6 heteroatoms. The van der Waals surface area contributed by atoms with Crippen LogP contribution < -0.4 is 11.1 Å². The average molecular weight is 247 g/mol. The minimum atomic E-state index is -0.517. The van der Waals surface area contributed by atoms with Crippen molar-refractivity contribution in [3.05, 3.63) is 47.0 Å². The first-order valence-corrected chi connectivity index (χ1v) is 5.65. The van der Waals surface area contributed by atoms with E-state index in [1.165, 1.54) is 23.5 Å². The van der Waals surface area contributed by atoms with Gasteiger partial charge in [0, 0.05) is 22.7 Å². The van der Waals surface area contributed by atoms with Gasteiger partial charge in [0.2, 0.25) is 5.91 Å². The third-order valence-electron chi connectivity index (χ3n) is 2.08. The molecule has 0 spiro atoms. The normalized spacial score (nSPS) is 9.88. The Balaban J connectivity index is 2.12. The van der Waals surface area contributed by atoms with E-state index in [9.17, 15) is 9.59 Å². The summed E-state index contributed by atoms with van der Waals surface area (Å²) < 4.78 is 0. The van der Waals surface area contributed by atoms with Gasteiger partial charge in [0.05, 0.1) is 0 Å². The van der Waals surface area contributed by atoms with Crippen molar-refractivity contribution in [3.63, 3.8) is 0 Å². The highest BCUT2D eigenvalue weighted by Crippen LogP contribution is 2.12. The first kappa shape index (κ1) is 11.3. The predicted octanol–water partition coefficient (Wildman–Crippen LogP) is 1.49. The second-order valence-electron chi connectivity index (χ2n) is 3.23. The average Bonchev–Trinajstić information content (AvgIpc) is 2.82. The highest BCUT2D eigenvalue weighted by atomic mass is 32.1. The topological polar surface area (TPSA) is 85.1 Å². The Morgan fingerprint density at radius 1 is 1.18 bits per heavy atom. The van der Waals surface area contributed by atoms with Crippen molar-refractivity contribution in [2.75, 3.05) is 5.32 Å². The zero-order valence-corrected chi connectivity index (χ0v) is 9.53. The molecule has 0 bridgehead atoms. The molecule has 2 rings (SSSR count). The van der Waals surface area contributed by atoms with Gasteiger partial charge in [0.1, 0.15) is 0 Å². The quantitative estimate of drug-likeness (QED) is 0.861. The molecule has 0 fully saturated rings. The molecular weight excluding hydrogens is 238 g/mol. The third kappa shape index (κ3) is 2.67. The Morgan fingerprint density at radius 3 is 2.35 bits per heavy atom. The molecule has 0 unspecified atom stereocenters. The van der Waals surface area contributed by atoms with E-state index in [1.807, 2.05) is 0 Å². The van der Waals surface area contributed by atoms with Crippen LogP contribution in [0.15, 0.2) is 35.8 Å². The molecule has 0 saturated heterocycles. The Kier molecular flexibility index (Phi) is 3.15. The van der Waals surface area contributed by atoms with Crippen LogP contribution in [0.2, 0.25) is 0 Å². The lowest BCUT2D eigenvalue weighted by Gasteiger charge is -2.02. The van der Waals surface area contributed by atoms with Crippen LogP contribution in [0.25, 0.3) is 0 Å². The first-order valence-electron chi connectivity index (χ1n) is 4.77. The van der Waals surface area contributed by atoms with Gasteiger partial charge in [-0.25, -0.2) is 4.98 Å². The van der Waals surface area contributed by atoms with Crippen LogP contribution in [-0.4, -0.2) is 16.8 Å². The van der Waals surface area contributed by atoms with Crippen LogP contribution in [0.4, 0.5) is 5.13 Å². The highest BCUT2D eigenvalue weighted by Gasteiger charge is 2.08. The number of amides is 2. The summed E-state index contributed by atoms with van der Waals surface area (Å²) in [6.45, 7) is 0. The Morgan fingerprint density at radius 2 is 1.82 bits per heavy atom. The molecular formula is C11H9N3O2S. The van der Waals surface area contributed by atoms with Crippen LogP contribution in [0.3, 0.4) is 0 Å². The summed E-state index contributed by atoms with van der Waals surface area (Å²) in [6, 6.07) is 6.12. The van der Waals surface area contributed by atoms with E-state index in [2.05, 4.69) is 10.3 Å². The lowest BCUT2D eigenvalue weighted by Crippen LogP contribution is -2.13. The van der Waals surface area contributed by atoms with Gasteiger partial charge in [-0.05, 0) is 24.3 Å². The fourth-order valence-corrected chi connectivity index (χ4v) is 1.76. The maximum Gasteiger partial charge on any atom is 0.257 e. The smallest absolute Gasteiger partial charge is 0.257 e. The summed E-state index contributed by atoms with van der Waals surface area (Å²) in [5, 5.41) is 4.94. The van der Waals surface area contributed by atoms with Crippen LogP contribution in [0.5, 0.6) is 0 Å². The van der Waals surface area contributed by atoms with E-state index in [4.69, 9.17) is 5.73 Å². The number of thiazole rings is 1. The summed E-state index contributed by atoms with van der Waals surface area (Å²) in [5.74, 6) is -0.784. The van der Waals surface area contributed by atoms with Crippen LogP contribution in [0.1, 0.15) is 20.7 Å². The summed E-state index contributed by atoms with van der Waals surface area (Å²) in [7, 11) is 0. The number of hydrogen-bond acceptors (Lipinski definition) is 4. The van der Waals surface area contributed by atoms with Crippen molar-refractivity contribution in [1.82, 2.24) is 4.98 Å². The molecule has 0 saturated carbocycles. The maximum atomic E-state index is 11.7. The number of hydrogen-bond donors (Lipinski definition) is 2. The molecule has 1 heterocycles. The van der Waals surface area contributed by atoms with Crippen molar-refractivity contribution < 1.29 is 9.59 Å². The molecule has 1 aromatic heterocycles. The third-order valence-corrected chi connectivity index (χ3v) is 2.77. The first-order chi connectivity index (χ1) is 8.16. The molecule has 17 heavy (non-hydrogen) atoms. The second-order valence-corrected chi connectivity index (χ2v) is 4.13. The number of carbonyl (C=O) groups excluding carboxylic acids is 2. The maximum absolute atomic E-state index is 11.7. The Bertz CT molecular complexity index is 534. The van der Waals surface area contributed by atoms with E-state index in [1.54, 1.807) is 23.7 Å². The molecule has 0 atom stereocenters. The number of nitrogens with one attached hydrogen (secondary N) is 1. The number of rotatable bonds is 3. The SMILES string of the molecule is NC(=O)c1ccc(C(=O)Nc2nccs2)cc1. The van der Waals surface area contributed by atoms with Crippen molar-refractivity contribution in [3.8, 4) is 0 Å². The molecule has 3 N–H and O–H groups in total. The van der Waals surface area contributed by atoms with Crippen LogP contribution in [-0.2, 0) is 0 Å². The predicted molar refractivity (Wildman–Crippen MR) is 65.0 cm³/mol. The number of primary amides is 1.